The van der Waals surface area contributed by atoms with Crippen LogP contribution in [-0.2, 0) is 0 Å². The summed E-state index contributed by atoms with van der Waals surface area (Å²) < 4.78 is 0. The van der Waals surface area contributed by atoms with Gasteiger partial charge in [-0.05, 0) is 37.6 Å². The molecule has 13 heavy (non-hydrogen) atoms. The predicted molar refractivity (Wildman–Crippen MR) is 58.8 cm³/mol. The van der Waals surface area contributed by atoms with Gasteiger partial charge in [-0.1, -0.05) is 32.9 Å². The van der Waals surface area contributed by atoms with Crippen LogP contribution < -0.4 is 5.32 Å². The van der Waals surface area contributed by atoms with Crippen molar-refractivity contribution in [3.05, 3.63) is 12.2 Å². The average Bonchev–Trinajstić information content (AvgIpc) is 2.15. The zero-order chi connectivity index (χ0) is 9.68. The zero-order valence-corrected chi connectivity index (χ0v) is 9.22. The summed E-state index contributed by atoms with van der Waals surface area (Å²) in [5.41, 5.74) is 0. The highest BCUT2D eigenvalue weighted by atomic mass is 14.9. The lowest BCUT2D eigenvalue weighted by Gasteiger charge is -2.22. The summed E-state index contributed by atoms with van der Waals surface area (Å²) in [6, 6.07) is 0.648. The van der Waals surface area contributed by atoms with Crippen molar-refractivity contribution in [1.82, 2.24) is 5.32 Å². The van der Waals surface area contributed by atoms with Gasteiger partial charge in [-0.25, -0.2) is 0 Å². The minimum absolute atomic E-state index is 0.648. The monoisotopic (exact) mass is 181 g/mol. The Bertz CT molecular complexity index is 161. The smallest absolute Gasteiger partial charge is 0.0250 e. The van der Waals surface area contributed by atoms with E-state index in [1.165, 1.54) is 19.3 Å². The highest BCUT2D eigenvalue weighted by Gasteiger charge is 2.11. The Morgan fingerprint density at radius 3 is 2.69 bits per heavy atom. The molecule has 0 fully saturated rings. The van der Waals surface area contributed by atoms with E-state index in [0.717, 1.165) is 18.4 Å². The summed E-state index contributed by atoms with van der Waals surface area (Å²) in [6.07, 6.45) is 8.58. The average molecular weight is 181 g/mol. The van der Waals surface area contributed by atoms with Gasteiger partial charge in [0, 0.05) is 6.04 Å². The molecule has 0 spiro atoms. The molecule has 1 nitrogen and oxygen atoms in total. The molecule has 0 saturated carbocycles. The van der Waals surface area contributed by atoms with E-state index in [-0.39, 0.29) is 0 Å². The second-order valence-corrected chi connectivity index (χ2v) is 4.60. The van der Waals surface area contributed by atoms with Crippen molar-refractivity contribution in [2.24, 2.45) is 11.8 Å². The fourth-order valence-corrected chi connectivity index (χ4v) is 1.56. The van der Waals surface area contributed by atoms with Crippen molar-refractivity contribution < 1.29 is 0 Å². The Labute approximate surface area is 82.6 Å². The van der Waals surface area contributed by atoms with Crippen molar-refractivity contribution in [3.63, 3.8) is 0 Å². The summed E-state index contributed by atoms with van der Waals surface area (Å²) in [5, 5.41) is 3.62. The van der Waals surface area contributed by atoms with Crippen LogP contribution in [-0.4, -0.2) is 12.6 Å². The maximum atomic E-state index is 3.62. The van der Waals surface area contributed by atoms with Crippen LogP contribution >= 0.6 is 0 Å². The van der Waals surface area contributed by atoms with Crippen LogP contribution in [0, 0.1) is 11.8 Å². The van der Waals surface area contributed by atoms with Crippen LogP contribution in [0.5, 0.6) is 0 Å². The van der Waals surface area contributed by atoms with Crippen LogP contribution in [0.3, 0.4) is 0 Å². The van der Waals surface area contributed by atoms with E-state index in [1.54, 1.807) is 0 Å². The Kier molecular flexibility index (Phi) is 4.51. The summed E-state index contributed by atoms with van der Waals surface area (Å²) >= 11 is 0. The van der Waals surface area contributed by atoms with Gasteiger partial charge in [0.25, 0.3) is 0 Å². The molecule has 0 saturated heterocycles. The predicted octanol–water partition coefficient (Wildman–Crippen LogP) is 2.98. The van der Waals surface area contributed by atoms with Gasteiger partial charge in [-0.2, -0.15) is 0 Å². The number of rotatable bonds is 4. The highest BCUT2D eigenvalue weighted by molar-refractivity contribution is 4.97. The Balaban J connectivity index is 2.17. The number of hydrogen-bond acceptors (Lipinski definition) is 1. The molecule has 0 heterocycles. The topological polar surface area (TPSA) is 12.0 Å². The SMILES string of the molecule is CC(C)C(C)CNC1C=CCCC1. The van der Waals surface area contributed by atoms with E-state index < -0.39 is 0 Å². The van der Waals surface area contributed by atoms with Crippen molar-refractivity contribution in [2.45, 2.75) is 46.1 Å². The molecule has 0 aromatic rings. The van der Waals surface area contributed by atoms with Gasteiger partial charge in [0.05, 0.1) is 0 Å². The quantitative estimate of drug-likeness (QED) is 0.657. The Hall–Kier alpha value is -0.300. The molecule has 2 atom stereocenters. The Morgan fingerprint density at radius 1 is 1.38 bits per heavy atom. The lowest BCUT2D eigenvalue weighted by atomic mass is 9.96. The Morgan fingerprint density at radius 2 is 2.15 bits per heavy atom. The molecule has 1 N–H and O–H groups in total. The standard InChI is InChI=1S/C12H23N/c1-10(2)11(3)9-13-12-7-5-4-6-8-12/h5,7,10-13H,4,6,8-9H2,1-3H3. The molecule has 1 aliphatic rings. The fraction of sp³-hybridized carbons (Fsp3) is 0.833. The summed E-state index contributed by atoms with van der Waals surface area (Å²) in [7, 11) is 0. The first-order valence-electron chi connectivity index (χ1n) is 5.60. The normalized spacial score (nSPS) is 25.1. The molecule has 76 valence electrons. The maximum Gasteiger partial charge on any atom is 0.0250 e. The molecule has 0 radical (unpaired) electrons. The van der Waals surface area contributed by atoms with Gasteiger partial charge in [0.15, 0.2) is 0 Å². The van der Waals surface area contributed by atoms with Crippen LogP contribution in [0.2, 0.25) is 0 Å². The van der Waals surface area contributed by atoms with Gasteiger partial charge in [0.1, 0.15) is 0 Å². The van der Waals surface area contributed by atoms with Gasteiger partial charge < -0.3 is 5.32 Å². The highest BCUT2D eigenvalue weighted by Crippen LogP contribution is 2.12. The molecule has 0 aromatic carbocycles. The van der Waals surface area contributed by atoms with Gasteiger partial charge in [-0.15, -0.1) is 0 Å². The molecule has 0 aromatic heterocycles. The largest absolute Gasteiger partial charge is 0.310 e. The number of nitrogens with one attached hydrogen (secondary N) is 1. The van der Waals surface area contributed by atoms with E-state index in [2.05, 4.69) is 38.2 Å². The van der Waals surface area contributed by atoms with Crippen molar-refractivity contribution >= 4 is 0 Å². The molecular weight excluding hydrogens is 158 g/mol. The minimum atomic E-state index is 0.648. The van der Waals surface area contributed by atoms with Crippen LogP contribution in [0.25, 0.3) is 0 Å². The third kappa shape index (κ3) is 3.95. The molecule has 1 aliphatic carbocycles. The van der Waals surface area contributed by atoms with E-state index in [1.807, 2.05) is 0 Å². The second-order valence-electron chi connectivity index (χ2n) is 4.60. The molecule has 0 amide bonds. The third-order valence-corrected chi connectivity index (χ3v) is 3.09. The first-order chi connectivity index (χ1) is 6.20. The third-order valence-electron chi connectivity index (χ3n) is 3.09. The van der Waals surface area contributed by atoms with Gasteiger partial charge in [0.2, 0.25) is 0 Å². The summed E-state index contributed by atoms with van der Waals surface area (Å²) in [5.74, 6) is 1.58. The van der Waals surface area contributed by atoms with Crippen molar-refractivity contribution in [2.75, 3.05) is 6.54 Å². The molecule has 0 bridgehead atoms. The lowest BCUT2D eigenvalue weighted by Crippen LogP contribution is -2.33. The van der Waals surface area contributed by atoms with Crippen LogP contribution in [0.1, 0.15) is 40.0 Å². The minimum Gasteiger partial charge on any atom is -0.310 e. The van der Waals surface area contributed by atoms with Crippen LogP contribution in [0.4, 0.5) is 0 Å². The zero-order valence-electron chi connectivity index (χ0n) is 9.22. The second kappa shape index (κ2) is 5.43. The van der Waals surface area contributed by atoms with Gasteiger partial charge >= 0.3 is 0 Å². The maximum absolute atomic E-state index is 3.62. The number of allylic oxidation sites excluding steroid dienone is 1. The molecule has 2 unspecified atom stereocenters. The van der Waals surface area contributed by atoms with E-state index in [4.69, 9.17) is 0 Å². The van der Waals surface area contributed by atoms with E-state index in [0.29, 0.717) is 6.04 Å². The number of hydrogen-bond donors (Lipinski definition) is 1. The van der Waals surface area contributed by atoms with E-state index >= 15 is 0 Å². The molecule has 1 rings (SSSR count). The molecular formula is C12H23N. The van der Waals surface area contributed by atoms with E-state index in [9.17, 15) is 0 Å². The fourth-order valence-electron chi connectivity index (χ4n) is 1.56. The molecule has 0 aliphatic heterocycles. The lowest BCUT2D eigenvalue weighted by molar-refractivity contribution is 0.372. The summed E-state index contributed by atoms with van der Waals surface area (Å²) in [4.78, 5) is 0. The van der Waals surface area contributed by atoms with Crippen LogP contribution in [0.15, 0.2) is 12.2 Å². The van der Waals surface area contributed by atoms with Crippen molar-refractivity contribution in [3.8, 4) is 0 Å². The molecule has 1 heteroatoms. The summed E-state index contributed by atoms with van der Waals surface area (Å²) in [6.45, 7) is 8.07. The first-order valence-corrected chi connectivity index (χ1v) is 5.60. The first kappa shape index (κ1) is 10.8. The van der Waals surface area contributed by atoms with Gasteiger partial charge in [-0.3, -0.25) is 0 Å². The van der Waals surface area contributed by atoms with Crippen molar-refractivity contribution in [1.29, 1.82) is 0 Å².